The molecule has 1 unspecified atom stereocenters. The fourth-order valence-electron chi connectivity index (χ4n) is 2.30. The van der Waals surface area contributed by atoms with Gasteiger partial charge in [-0.05, 0) is 25.0 Å². The van der Waals surface area contributed by atoms with Gasteiger partial charge in [-0.15, -0.1) is 0 Å². The van der Waals surface area contributed by atoms with Crippen molar-refractivity contribution in [1.82, 2.24) is 15.0 Å². The van der Waals surface area contributed by atoms with Gasteiger partial charge < -0.3 is 14.6 Å². The summed E-state index contributed by atoms with van der Waals surface area (Å²) in [5.41, 5.74) is 1.78. The largest absolute Gasteiger partial charge is 0.378 e. The number of nitrogens with zero attached hydrogens (tertiary/aromatic N) is 3. The normalized spacial score (nSPS) is 19.6. The summed E-state index contributed by atoms with van der Waals surface area (Å²) in [6, 6.07) is 4.03. The number of imidazole rings is 1. The lowest BCUT2D eigenvalue weighted by Gasteiger charge is -2.09. The lowest BCUT2D eigenvalue weighted by molar-refractivity contribution is 0.110. The van der Waals surface area contributed by atoms with E-state index in [9.17, 15) is 0 Å². The van der Waals surface area contributed by atoms with Gasteiger partial charge in [-0.2, -0.15) is 0 Å². The molecule has 1 saturated heterocycles. The molecule has 96 valence electrons. The van der Waals surface area contributed by atoms with Crippen molar-refractivity contribution in [3.05, 3.63) is 18.0 Å². The van der Waals surface area contributed by atoms with E-state index in [1.807, 2.05) is 31.1 Å². The molecule has 5 nitrogen and oxygen atoms in total. The first-order valence-corrected chi connectivity index (χ1v) is 6.37. The van der Waals surface area contributed by atoms with E-state index in [1.165, 1.54) is 0 Å². The van der Waals surface area contributed by atoms with Crippen molar-refractivity contribution in [3.8, 4) is 0 Å². The summed E-state index contributed by atoms with van der Waals surface area (Å²) in [7, 11) is 3.96. The molecule has 0 spiro atoms. The standard InChI is InChI=1S/C13H18N4O/c1-17(2)12-6-5-10-13(16-12)15-11(14-10)8-9-4-3-7-18-9/h5-6,9H,3-4,7-8H2,1-2H3,(H,14,15,16). The van der Waals surface area contributed by atoms with Crippen LogP contribution in [0.25, 0.3) is 11.2 Å². The Morgan fingerprint density at radius 2 is 2.28 bits per heavy atom. The quantitative estimate of drug-likeness (QED) is 0.896. The van der Waals surface area contributed by atoms with E-state index >= 15 is 0 Å². The second-order valence-electron chi connectivity index (χ2n) is 4.96. The van der Waals surface area contributed by atoms with Gasteiger partial charge in [0.2, 0.25) is 0 Å². The number of fused-ring (bicyclic) bond motifs is 1. The van der Waals surface area contributed by atoms with Crippen LogP contribution in [-0.4, -0.2) is 41.8 Å². The van der Waals surface area contributed by atoms with Crippen LogP contribution in [0.5, 0.6) is 0 Å². The lowest BCUT2D eigenvalue weighted by atomic mass is 10.2. The van der Waals surface area contributed by atoms with Crippen LogP contribution in [0.2, 0.25) is 0 Å². The number of ether oxygens (including phenoxy) is 1. The summed E-state index contributed by atoms with van der Waals surface area (Å²) in [5, 5.41) is 0. The number of pyridine rings is 1. The molecule has 1 aliphatic heterocycles. The summed E-state index contributed by atoms with van der Waals surface area (Å²) in [5.74, 6) is 1.90. The zero-order chi connectivity index (χ0) is 12.5. The molecule has 0 bridgehead atoms. The number of anilines is 1. The van der Waals surface area contributed by atoms with Crippen molar-refractivity contribution in [1.29, 1.82) is 0 Å². The minimum absolute atomic E-state index is 0.318. The average Bonchev–Trinajstić information content (AvgIpc) is 2.96. The zero-order valence-electron chi connectivity index (χ0n) is 10.8. The van der Waals surface area contributed by atoms with Crippen LogP contribution in [-0.2, 0) is 11.2 Å². The van der Waals surface area contributed by atoms with Gasteiger partial charge in [0.15, 0.2) is 5.65 Å². The van der Waals surface area contributed by atoms with Crippen LogP contribution in [0.3, 0.4) is 0 Å². The topological polar surface area (TPSA) is 54.0 Å². The van der Waals surface area contributed by atoms with Gasteiger partial charge in [0.05, 0.1) is 11.6 Å². The molecule has 1 N–H and O–H groups in total. The molecule has 0 aromatic carbocycles. The molecular weight excluding hydrogens is 228 g/mol. The van der Waals surface area contributed by atoms with Crippen molar-refractivity contribution >= 4 is 17.0 Å². The van der Waals surface area contributed by atoms with E-state index in [-0.39, 0.29) is 0 Å². The van der Waals surface area contributed by atoms with Gasteiger partial charge in [-0.3, -0.25) is 0 Å². The van der Waals surface area contributed by atoms with Crippen molar-refractivity contribution in [3.63, 3.8) is 0 Å². The molecule has 0 radical (unpaired) electrons. The second-order valence-corrected chi connectivity index (χ2v) is 4.96. The Balaban J connectivity index is 1.85. The van der Waals surface area contributed by atoms with Gasteiger partial charge in [0, 0.05) is 27.1 Å². The predicted molar refractivity (Wildman–Crippen MR) is 70.9 cm³/mol. The van der Waals surface area contributed by atoms with Crippen LogP contribution in [0.1, 0.15) is 18.7 Å². The molecular formula is C13H18N4O. The minimum Gasteiger partial charge on any atom is -0.378 e. The first kappa shape index (κ1) is 11.5. The van der Waals surface area contributed by atoms with Crippen LogP contribution in [0.4, 0.5) is 5.82 Å². The molecule has 1 aliphatic rings. The van der Waals surface area contributed by atoms with Crippen LogP contribution >= 0.6 is 0 Å². The van der Waals surface area contributed by atoms with E-state index in [0.717, 1.165) is 48.7 Å². The number of nitrogens with one attached hydrogen (secondary N) is 1. The molecule has 1 atom stereocenters. The van der Waals surface area contributed by atoms with E-state index in [4.69, 9.17) is 4.74 Å². The molecule has 3 heterocycles. The molecule has 2 aromatic heterocycles. The lowest BCUT2D eigenvalue weighted by Crippen LogP contribution is -2.10. The van der Waals surface area contributed by atoms with Crippen molar-refractivity contribution in [2.75, 3.05) is 25.6 Å². The predicted octanol–water partition coefficient (Wildman–Crippen LogP) is 1.75. The average molecular weight is 246 g/mol. The highest BCUT2D eigenvalue weighted by Gasteiger charge is 2.18. The zero-order valence-corrected chi connectivity index (χ0v) is 10.8. The van der Waals surface area contributed by atoms with Gasteiger partial charge in [0.1, 0.15) is 11.6 Å². The minimum atomic E-state index is 0.318. The van der Waals surface area contributed by atoms with Crippen LogP contribution in [0.15, 0.2) is 12.1 Å². The van der Waals surface area contributed by atoms with Gasteiger partial charge in [0.25, 0.3) is 0 Å². The summed E-state index contributed by atoms with van der Waals surface area (Å²) < 4.78 is 5.63. The Morgan fingerprint density at radius 3 is 3.00 bits per heavy atom. The molecule has 3 rings (SSSR count). The number of aromatic nitrogens is 3. The Hall–Kier alpha value is -1.62. The number of rotatable bonds is 3. The first-order valence-electron chi connectivity index (χ1n) is 6.37. The number of aromatic amines is 1. The molecule has 5 heteroatoms. The third kappa shape index (κ3) is 2.18. The second kappa shape index (κ2) is 4.57. The Kier molecular flexibility index (Phi) is 2.91. The molecule has 18 heavy (non-hydrogen) atoms. The summed E-state index contributed by atoms with van der Waals surface area (Å²) in [6.45, 7) is 0.883. The number of H-pyrrole nitrogens is 1. The summed E-state index contributed by atoms with van der Waals surface area (Å²) in [4.78, 5) is 14.4. The fraction of sp³-hybridized carbons (Fsp3) is 0.538. The third-order valence-electron chi connectivity index (χ3n) is 3.28. The maximum Gasteiger partial charge on any atom is 0.179 e. The molecule has 0 amide bonds. The SMILES string of the molecule is CN(C)c1ccc2[nH]c(CC3CCCO3)nc2n1. The Labute approximate surface area is 106 Å². The van der Waals surface area contributed by atoms with Crippen molar-refractivity contribution in [2.24, 2.45) is 0 Å². The number of hydrogen-bond acceptors (Lipinski definition) is 4. The van der Waals surface area contributed by atoms with Crippen LogP contribution in [0, 0.1) is 0 Å². The van der Waals surface area contributed by atoms with Gasteiger partial charge >= 0.3 is 0 Å². The Bertz CT molecular complexity index is 543. The summed E-state index contributed by atoms with van der Waals surface area (Å²) >= 11 is 0. The van der Waals surface area contributed by atoms with E-state index in [1.54, 1.807) is 0 Å². The molecule has 2 aromatic rings. The summed E-state index contributed by atoms with van der Waals surface area (Å²) in [6.07, 6.45) is 3.47. The monoisotopic (exact) mass is 246 g/mol. The highest BCUT2D eigenvalue weighted by Crippen LogP contribution is 2.19. The molecule has 1 fully saturated rings. The highest BCUT2D eigenvalue weighted by atomic mass is 16.5. The maximum absolute atomic E-state index is 5.63. The maximum atomic E-state index is 5.63. The highest BCUT2D eigenvalue weighted by molar-refractivity contribution is 5.73. The van der Waals surface area contributed by atoms with E-state index < -0.39 is 0 Å². The molecule has 0 saturated carbocycles. The van der Waals surface area contributed by atoms with Gasteiger partial charge in [-0.25, -0.2) is 9.97 Å². The third-order valence-corrected chi connectivity index (χ3v) is 3.28. The van der Waals surface area contributed by atoms with Gasteiger partial charge in [-0.1, -0.05) is 0 Å². The van der Waals surface area contributed by atoms with E-state index in [2.05, 4.69) is 15.0 Å². The first-order chi connectivity index (χ1) is 8.72. The number of hydrogen-bond donors (Lipinski definition) is 1. The Morgan fingerprint density at radius 1 is 1.39 bits per heavy atom. The fourth-order valence-corrected chi connectivity index (χ4v) is 2.30. The van der Waals surface area contributed by atoms with Crippen molar-refractivity contribution in [2.45, 2.75) is 25.4 Å². The van der Waals surface area contributed by atoms with Crippen LogP contribution < -0.4 is 4.90 Å². The van der Waals surface area contributed by atoms with E-state index in [0.29, 0.717) is 6.10 Å². The smallest absolute Gasteiger partial charge is 0.179 e. The van der Waals surface area contributed by atoms with Crippen molar-refractivity contribution < 1.29 is 4.74 Å². The molecule has 0 aliphatic carbocycles.